The maximum atomic E-state index is 13.0. The highest BCUT2D eigenvalue weighted by Crippen LogP contribution is 2.16. The number of hydrogen-bond donors (Lipinski definition) is 2. The van der Waals surface area contributed by atoms with Gasteiger partial charge in [-0.25, -0.2) is 4.39 Å². The van der Waals surface area contributed by atoms with Gasteiger partial charge in [-0.05, 0) is 31.7 Å². The predicted molar refractivity (Wildman–Crippen MR) is 78.0 cm³/mol. The van der Waals surface area contributed by atoms with E-state index in [1.807, 2.05) is 18.7 Å². The Bertz CT molecular complexity index is 440. The fourth-order valence-corrected chi connectivity index (χ4v) is 1.71. The van der Waals surface area contributed by atoms with Crippen molar-refractivity contribution >= 4 is 17.3 Å². The maximum absolute atomic E-state index is 13.0. The van der Waals surface area contributed by atoms with Crippen LogP contribution in [0.5, 0.6) is 0 Å². The Morgan fingerprint density at radius 1 is 1.45 bits per heavy atom. The van der Waals surface area contributed by atoms with E-state index < -0.39 is 5.82 Å². The lowest BCUT2D eigenvalue weighted by Gasteiger charge is -2.19. The standard InChI is InChI=1S/C14H22FN3O2/c1-3-18(7-8-20-4-2)10-14(19)17-11-5-6-12(15)13(16)9-11/h5-6,9H,3-4,7-8,10,16H2,1-2H3,(H,17,19). The van der Waals surface area contributed by atoms with Crippen molar-refractivity contribution in [2.75, 3.05) is 43.9 Å². The van der Waals surface area contributed by atoms with Gasteiger partial charge in [-0.2, -0.15) is 0 Å². The molecule has 0 bridgehead atoms. The summed E-state index contributed by atoms with van der Waals surface area (Å²) in [5.74, 6) is -0.649. The first-order valence-electron chi connectivity index (χ1n) is 6.71. The van der Waals surface area contributed by atoms with Gasteiger partial charge in [0.25, 0.3) is 0 Å². The van der Waals surface area contributed by atoms with Gasteiger partial charge in [0.2, 0.25) is 5.91 Å². The second-order valence-electron chi connectivity index (χ2n) is 4.35. The lowest BCUT2D eigenvalue weighted by molar-refractivity contribution is -0.117. The van der Waals surface area contributed by atoms with E-state index >= 15 is 0 Å². The fraction of sp³-hybridized carbons (Fsp3) is 0.500. The maximum Gasteiger partial charge on any atom is 0.238 e. The Morgan fingerprint density at radius 3 is 2.80 bits per heavy atom. The Hall–Kier alpha value is -1.66. The van der Waals surface area contributed by atoms with Crippen LogP contribution in [0.1, 0.15) is 13.8 Å². The molecule has 112 valence electrons. The van der Waals surface area contributed by atoms with Crippen LogP contribution in [0, 0.1) is 5.82 Å². The molecule has 0 spiro atoms. The number of halogens is 1. The van der Waals surface area contributed by atoms with E-state index in [2.05, 4.69) is 5.32 Å². The topological polar surface area (TPSA) is 67.6 Å². The van der Waals surface area contributed by atoms with Gasteiger partial charge in [0.05, 0.1) is 18.8 Å². The third-order valence-electron chi connectivity index (χ3n) is 2.85. The van der Waals surface area contributed by atoms with Gasteiger partial charge in [0.15, 0.2) is 0 Å². The summed E-state index contributed by atoms with van der Waals surface area (Å²) in [5, 5.41) is 2.70. The smallest absolute Gasteiger partial charge is 0.238 e. The van der Waals surface area contributed by atoms with Crippen LogP contribution in [0.4, 0.5) is 15.8 Å². The molecule has 1 amide bonds. The summed E-state index contributed by atoms with van der Waals surface area (Å²) < 4.78 is 18.3. The molecule has 0 aromatic heterocycles. The van der Waals surface area contributed by atoms with Crippen LogP contribution in [-0.4, -0.2) is 43.7 Å². The van der Waals surface area contributed by atoms with Crippen LogP contribution >= 0.6 is 0 Å². The Morgan fingerprint density at radius 2 is 2.20 bits per heavy atom. The van der Waals surface area contributed by atoms with Crippen LogP contribution < -0.4 is 11.1 Å². The van der Waals surface area contributed by atoms with E-state index in [0.717, 1.165) is 6.54 Å². The average molecular weight is 283 g/mol. The molecule has 0 fully saturated rings. The number of carbonyl (C=O) groups excluding carboxylic acids is 1. The highest BCUT2D eigenvalue weighted by atomic mass is 19.1. The molecular formula is C14H22FN3O2. The van der Waals surface area contributed by atoms with E-state index in [9.17, 15) is 9.18 Å². The molecule has 0 saturated heterocycles. The Kier molecular flexibility index (Phi) is 6.97. The highest BCUT2D eigenvalue weighted by Gasteiger charge is 2.10. The van der Waals surface area contributed by atoms with Gasteiger partial charge in [0.1, 0.15) is 5.82 Å². The van der Waals surface area contributed by atoms with E-state index in [-0.39, 0.29) is 18.1 Å². The largest absolute Gasteiger partial charge is 0.396 e. The second-order valence-corrected chi connectivity index (χ2v) is 4.35. The number of nitrogen functional groups attached to an aromatic ring is 1. The third kappa shape index (κ3) is 5.54. The number of amides is 1. The van der Waals surface area contributed by atoms with Crippen molar-refractivity contribution in [2.45, 2.75) is 13.8 Å². The van der Waals surface area contributed by atoms with Gasteiger partial charge < -0.3 is 15.8 Å². The van der Waals surface area contributed by atoms with Crippen molar-refractivity contribution in [3.63, 3.8) is 0 Å². The van der Waals surface area contributed by atoms with Gasteiger partial charge in [-0.1, -0.05) is 6.92 Å². The number of nitrogens with zero attached hydrogens (tertiary/aromatic N) is 1. The first-order chi connectivity index (χ1) is 9.56. The zero-order valence-corrected chi connectivity index (χ0v) is 12.0. The molecule has 1 aromatic carbocycles. The summed E-state index contributed by atoms with van der Waals surface area (Å²) in [6.45, 7) is 6.90. The lowest BCUT2D eigenvalue weighted by Crippen LogP contribution is -2.35. The zero-order chi connectivity index (χ0) is 15.0. The van der Waals surface area contributed by atoms with Crippen LogP contribution in [0.25, 0.3) is 0 Å². The number of hydrogen-bond acceptors (Lipinski definition) is 4. The number of ether oxygens (including phenoxy) is 1. The molecule has 0 aliphatic carbocycles. The van der Waals surface area contributed by atoms with Crippen molar-refractivity contribution in [3.8, 4) is 0 Å². The molecule has 5 nitrogen and oxygen atoms in total. The molecule has 0 aliphatic heterocycles. The summed E-state index contributed by atoms with van der Waals surface area (Å²) in [5.41, 5.74) is 5.97. The average Bonchev–Trinajstić information content (AvgIpc) is 2.42. The molecule has 0 saturated carbocycles. The van der Waals surface area contributed by atoms with Gasteiger partial charge >= 0.3 is 0 Å². The minimum Gasteiger partial charge on any atom is -0.396 e. The first kappa shape index (κ1) is 16.4. The van der Waals surface area contributed by atoms with Gasteiger partial charge in [0, 0.05) is 18.8 Å². The normalized spacial score (nSPS) is 10.8. The SMILES string of the molecule is CCOCCN(CC)CC(=O)Nc1ccc(F)c(N)c1. The first-order valence-corrected chi connectivity index (χ1v) is 6.71. The quantitative estimate of drug-likeness (QED) is 0.563. The highest BCUT2D eigenvalue weighted by molar-refractivity contribution is 5.92. The zero-order valence-electron chi connectivity index (χ0n) is 12.0. The Labute approximate surface area is 118 Å². The van der Waals surface area contributed by atoms with Crippen molar-refractivity contribution in [3.05, 3.63) is 24.0 Å². The minimum atomic E-state index is -0.491. The van der Waals surface area contributed by atoms with Crippen LogP contribution in [0.2, 0.25) is 0 Å². The van der Waals surface area contributed by atoms with Crippen LogP contribution in [0.15, 0.2) is 18.2 Å². The molecule has 0 heterocycles. The van der Waals surface area contributed by atoms with Crippen molar-refractivity contribution in [1.29, 1.82) is 0 Å². The number of likely N-dealkylation sites (N-methyl/N-ethyl adjacent to an activating group) is 1. The fourth-order valence-electron chi connectivity index (χ4n) is 1.71. The molecule has 0 atom stereocenters. The molecule has 1 aromatic rings. The molecule has 0 aliphatic rings. The van der Waals surface area contributed by atoms with Crippen LogP contribution in [-0.2, 0) is 9.53 Å². The van der Waals surface area contributed by atoms with Crippen molar-refractivity contribution in [1.82, 2.24) is 4.90 Å². The number of nitrogens with one attached hydrogen (secondary N) is 1. The summed E-state index contributed by atoms with van der Waals surface area (Å²) in [7, 11) is 0. The molecule has 20 heavy (non-hydrogen) atoms. The van der Waals surface area contributed by atoms with E-state index in [0.29, 0.717) is 25.4 Å². The number of benzene rings is 1. The summed E-state index contributed by atoms with van der Waals surface area (Å²) in [6, 6.07) is 4.13. The number of rotatable bonds is 8. The van der Waals surface area contributed by atoms with Gasteiger partial charge in [-0.3, -0.25) is 9.69 Å². The minimum absolute atomic E-state index is 0.0199. The van der Waals surface area contributed by atoms with E-state index in [1.54, 1.807) is 0 Å². The molecular weight excluding hydrogens is 261 g/mol. The number of carbonyl (C=O) groups is 1. The Balaban J connectivity index is 2.46. The van der Waals surface area contributed by atoms with E-state index in [1.165, 1.54) is 18.2 Å². The van der Waals surface area contributed by atoms with Crippen molar-refractivity contribution in [2.24, 2.45) is 0 Å². The second kappa shape index (κ2) is 8.50. The monoisotopic (exact) mass is 283 g/mol. The third-order valence-corrected chi connectivity index (χ3v) is 2.85. The van der Waals surface area contributed by atoms with Gasteiger partial charge in [-0.15, -0.1) is 0 Å². The molecule has 6 heteroatoms. The van der Waals surface area contributed by atoms with E-state index in [4.69, 9.17) is 10.5 Å². The summed E-state index contributed by atoms with van der Waals surface area (Å²) in [4.78, 5) is 13.9. The number of nitrogens with two attached hydrogens (primary N) is 1. The van der Waals surface area contributed by atoms with Crippen LogP contribution in [0.3, 0.4) is 0 Å². The lowest BCUT2D eigenvalue weighted by atomic mass is 10.2. The predicted octanol–water partition coefficient (Wildman–Crippen LogP) is 1.70. The molecule has 1 rings (SSSR count). The molecule has 0 unspecified atom stereocenters. The molecule has 3 N–H and O–H groups in total. The number of anilines is 2. The summed E-state index contributed by atoms with van der Waals surface area (Å²) in [6.07, 6.45) is 0. The molecule has 0 radical (unpaired) electrons. The van der Waals surface area contributed by atoms with Crippen molar-refractivity contribution < 1.29 is 13.9 Å². The summed E-state index contributed by atoms with van der Waals surface area (Å²) >= 11 is 0.